The number of carbonyl (C=O) groups is 3. The van der Waals surface area contributed by atoms with Crippen molar-refractivity contribution in [3.8, 4) is 0 Å². The molecule has 0 heterocycles. The zero-order valence-electron chi connectivity index (χ0n) is 60.2. The quantitative estimate of drug-likeness (QED) is 0.0195. The SMILES string of the molecule is CC/C=C\C/C=C\C/C=C\C/C=C\CCCCCCCCCCCCCCCCCCCCCCCCCCC(=O)OC(COC(=O)CCCCCCCCCCCCCCCCCC/C=C\C/C=C\C/C=C\C/C=C\CC)COC(OCC[N+](C)(C)C)C(=O)[O-]. The number of allylic oxidation sites excluding steroid dienone is 16. The molecule has 0 rings (SSSR count). The first-order chi connectivity index (χ1) is 44.6. The number of rotatable bonds is 71. The van der Waals surface area contributed by atoms with Crippen molar-refractivity contribution >= 4 is 17.9 Å². The highest BCUT2D eigenvalue weighted by molar-refractivity contribution is 5.70. The molecule has 9 heteroatoms. The average Bonchev–Trinajstić information content (AvgIpc) is 3.50. The first-order valence-corrected chi connectivity index (χ1v) is 38.4. The van der Waals surface area contributed by atoms with Gasteiger partial charge in [-0.3, -0.25) is 9.59 Å². The third-order valence-corrected chi connectivity index (χ3v) is 16.8. The van der Waals surface area contributed by atoms with Crippen LogP contribution in [0.1, 0.15) is 348 Å². The first-order valence-electron chi connectivity index (χ1n) is 38.4. The predicted octanol–water partition coefficient (Wildman–Crippen LogP) is 23.0. The molecule has 0 aliphatic carbocycles. The highest BCUT2D eigenvalue weighted by atomic mass is 16.7. The number of aliphatic carboxylic acids is 1. The Kier molecular flexibility index (Phi) is 69.0. The van der Waals surface area contributed by atoms with E-state index >= 15 is 0 Å². The lowest BCUT2D eigenvalue weighted by Gasteiger charge is -2.26. The molecule has 0 aromatic rings. The van der Waals surface area contributed by atoms with Crippen molar-refractivity contribution in [3.63, 3.8) is 0 Å². The van der Waals surface area contributed by atoms with E-state index in [1.807, 2.05) is 21.1 Å². The van der Waals surface area contributed by atoms with Gasteiger partial charge >= 0.3 is 11.9 Å². The van der Waals surface area contributed by atoms with Crippen LogP contribution in [0.15, 0.2) is 97.2 Å². The van der Waals surface area contributed by atoms with Gasteiger partial charge in [0.05, 0.1) is 40.3 Å². The van der Waals surface area contributed by atoms with Crippen LogP contribution < -0.4 is 5.11 Å². The molecular weight excluding hydrogens is 1130 g/mol. The van der Waals surface area contributed by atoms with Crippen molar-refractivity contribution in [1.82, 2.24) is 0 Å². The van der Waals surface area contributed by atoms with Crippen LogP contribution in [0.2, 0.25) is 0 Å². The van der Waals surface area contributed by atoms with Gasteiger partial charge in [-0.15, -0.1) is 0 Å². The molecule has 2 unspecified atom stereocenters. The van der Waals surface area contributed by atoms with Gasteiger partial charge in [0.2, 0.25) is 0 Å². The molecule has 0 amide bonds. The van der Waals surface area contributed by atoms with Gasteiger partial charge in [-0.25, -0.2) is 0 Å². The lowest BCUT2D eigenvalue weighted by molar-refractivity contribution is -0.870. The molecule has 0 fully saturated rings. The van der Waals surface area contributed by atoms with Gasteiger partial charge in [-0.05, 0) is 89.9 Å². The molecule has 2 atom stereocenters. The predicted molar refractivity (Wildman–Crippen MR) is 389 cm³/mol. The summed E-state index contributed by atoms with van der Waals surface area (Å²) in [5.74, 6) is -2.26. The van der Waals surface area contributed by atoms with Crippen molar-refractivity contribution in [1.29, 1.82) is 0 Å². The maximum absolute atomic E-state index is 13.0. The average molecular weight is 1270 g/mol. The minimum absolute atomic E-state index is 0.147. The Hall–Kier alpha value is -3.79. The molecule has 0 spiro atoms. The van der Waals surface area contributed by atoms with E-state index in [0.717, 1.165) is 83.5 Å². The van der Waals surface area contributed by atoms with Crippen LogP contribution in [-0.4, -0.2) is 82.3 Å². The van der Waals surface area contributed by atoms with Gasteiger partial charge in [-0.2, -0.15) is 0 Å². The summed E-state index contributed by atoms with van der Waals surface area (Å²) >= 11 is 0. The monoisotopic (exact) mass is 1270 g/mol. The second-order valence-corrected chi connectivity index (χ2v) is 26.9. The molecule has 0 saturated carbocycles. The highest BCUT2D eigenvalue weighted by Crippen LogP contribution is 2.19. The Bertz CT molecular complexity index is 1820. The van der Waals surface area contributed by atoms with E-state index in [0.29, 0.717) is 23.9 Å². The lowest BCUT2D eigenvalue weighted by Crippen LogP contribution is -2.44. The van der Waals surface area contributed by atoms with Gasteiger partial charge in [-0.1, -0.05) is 342 Å². The van der Waals surface area contributed by atoms with E-state index in [1.165, 1.54) is 231 Å². The summed E-state index contributed by atoms with van der Waals surface area (Å²) in [5, 5.41) is 11.9. The standard InChI is InChI=1S/C82H145NO8/c1-6-8-10-12-14-16-18-20-22-24-26-28-30-32-34-36-37-38-39-40-41-42-43-45-47-49-51-53-55-57-59-61-63-65-67-69-71-73-80(85)91-78(77-90-82(81(86)87)88-75-74-83(3,4)5)76-89-79(84)72-70-68-66-64-62-60-58-56-54-52-50-48-46-44-35-33-31-29-27-25-23-21-19-17-15-13-11-9-7-2/h8-11,14-17,20-23,26-29,78,82H,6-7,12-13,18-19,24-25,30-77H2,1-5H3/b10-8-,11-9-,16-14-,17-15-,22-20-,23-21-,28-26-,29-27-. The Labute approximate surface area is 562 Å². The Morgan fingerprint density at radius 1 is 0.330 bits per heavy atom. The normalized spacial score (nSPS) is 13.2. The Balaban J connectivity index is 4.00. The third kappa shape index (κ3) is 73.5. The molecule has 0 aliphatic rings. The van der Waals surface area contributed by atoms with Gasteiger partial charge in [0.15, 0.2) is 12.4 Å². The number of hydrogen-bond donors (Lipinski definition) is 0. The van der Waals surface area contributed by atoms with Crippen molar-refractivity contribution in [3.05, 3.63) is 97.2 Å². The fourth-order valence-corrected chi connectivity index (χ4v) is 11.1. The zero-order valence-corrected chi connectivity index (χ0v) is 60.2. The number of ether oxygens (including phenoxy) is 4. The summed E-state index contributed by atoms with van der Waals surface area (Å²) in [6.07, 6.45) is 96.6. The Morgan fingerprint density at radius 2 is 0.593 bits per heavy atom. The molecule has 526 valence electrons. The summed E-state index contributed by atoms with van der Waals surface area (Å²) in [4.78, 5) is 37.6. The van der Waals surface area contributed by atoms with Gasteiger partial charge in [0.1, 0.15) is 13.2 Å². The largest absolute Gasteiger partial charge is 0.545 e. The first kappa shape index (κ1) is 87.2. The lowest BCUT2D eigenvalue weighted by atomic mass is 10.0. The number of likely N-dealkylation sites (N-methyl/N-ethyl adjacent to an activating group) is 1. The smallest absolute Gasteiger partial charge is 0.306 e. The van der Waals surface area contributed by atoms with Crippen molar-refractivity contribution in [2.45, 2.75) is 360 Å². The van der Waals surface area contributed by atoms with Crippen LogP contribution in [0.4, 0.5) is 0 Å². The Morgan fingerprint density at radius 3 is 0.879 bits per heavy atom. The number of carboxylic acids is 1. The second-order valence-electron chi connectivity index (χ2n) is 26.9. The van der Waals surface area contributed by atoms with Crippen LogP contribution >= 0.6 is 0 Å². The molecule has 0 saturated heterocycles. The van der Waals surface area contributed by atoms with Gasteiger partial charge in [0, 0.05) is 12.8 Å². The number of nitrogens with zero attached hydrogens (tertiary/aromatic N) is 1. The minimum Gasteiger partial charge on any atom is -0.545 e. The molecule has 0 radical (unpaired) electrons. The van der Waals surface area contributed by atoms with E-state index in [4.69, 9.17) is 18.9 Å². The van der Waals surface area contributed by atoms with E-state index in [-0.39, 0.29) is 32.2 Å². The van der Waals surface area contributed by atoms with Crippen molar-refractivity contribution < 1.29 is 42.9 Å². The number of hydrogen-bond acceptors (Lipinski definition) is 8. The molecule has 0 aromatic carbocycles. The molecule has 91 heavy (non-hydrogen) atoms. The summed E-state index contributed by atoms with van der Waals surface area (Å²) < 4.78 is 22.9. The van der Waals surface area contributed by atoms with Crippen molar-refractivity contribution in [2.24, 2.45) is 0 Å². The molecule has 0 aromatic heterocycles. The minimum atomic E-state index is -1.62. The number of quaternary nitrogens is 1. The fraction of sp³-hybridized carbons (Fsp3) is 0.768. The number of unbranched alkanes of at least 4 members (excludes halogenated alkanes) is 40. The van der Waals surface area contributed by atoms with Crippen LogP contribution in [-0.2, 0) is 33.3 Å². The number of carbonyl (C=O) groups excluding carboxylic acids is 3. The topological polar surface area (TPSA) is 111 Å². The highest BCUT2D eigenvalue weighted by Gasteiger charge is 2.22. The summed E-state index contributed by atoms with van der Waals surface area (Å²) in [7, 11) is 5.94. The van der Waals surface area contributed by atoms with Crippen LogP contribution in [0, 0.1) is 0 Å². The van der Waals surface area contributed by atoms with Crippen LogP contribution in [0.5, 0.6) is 0 Å². The maximum Gasteiger partial charge on any atom is 0.306 e. The molecule has 9 nitrogen and oxygen atoms in total. The van der Waals surface area contributed by atoms with Crippen molar-refractivity contribution in [2.75, 3.05) is 47.5 Å². The molecule has 0 aliphatic heterocycles. The summed E-state index contributed by atoms with van der Waals surface area (Å²) in [6, 6.07) is 0. The molecule has 0 N–H and O–H groups in total. The van der Waals surface area contributed by atoms with Crippen LogP contribution in [0.3, 0.4) is 0 Å². The van der Waals surface area contributed by atoms with Gasteiger partial charge < -0.3 is 33.3 Å². The van der Waals surface area contributed by atoms with E-state index in [2.05, 4.69) is 111 Å². The second kappa shape index (κ2) is 72.0. The van der Waals surface area contributed by atoms with E-state index in [1.54, 1.807) is 0 Å². The number of esters is 2. The van der Waals surface area contributed by atoms with Gasteiger partial charge in [0.25, 0.3) is 0 Å². The molecule has 0 bridgehead atoms. The fourth-order valence-electron chi connectivity index (χ4n) is 11.1. The summed E-state index contributed by atoms with van der Waals surface area (Å²) in [5.41, 5.74) is 0. The van der Waals surface area contributed by atoms with Crippen LogP contribution in [0.25, 0.3) is 0 Å². The maximum atomic E-state index is 13.0. The zero-order chi connectivity index (χ0) is 66.1. The molecular formula is C82H145NO8. The number of carboxylic acid groups (broad SMARTS) is 1. The summed E-state index contributed by atoms with van der Waals surface area (Å²) in [6.45, 7) is 4.57. The third-order valence-electron chi connectivity index (χ3n) is 16.8. The van der Waals surface area contributed by atoms with E-state index in [9.17, 15) is 19.5 Å². The van der Waals surface area contributed by atoms with E-state index < -0.39 is 24.3 Å².